The minimum absolute atomic E-state index is 0.128. The fourth-order valence-electron chi connectivity index (χ4n) is 2.99. The molecule has 0 amide bonds. The smallest absolute Gasteiger partial charge is 0.270 e. The zero-order valence-corrected chi connectivity index (χ0v) is 15.7. The number of para-hydroxylation sites is 1. The molecule has 0 bridgehead atoms. The van der Waals surface area contributed by atoms with Gasteiger partial charge in [0.05, 0.1) is 12.0 Å². The lowest BCUT2D eigenvalue weighted by molar-refractivity contribution is 0.405. The van der Waals surface area contributed by atoms with Crippen molar-refractivity contribution in [3.63, 3.8) is 0 Å². The van der Waals surface area contributed by atoms with Crippen molar-refractivity contribution < 1.29 is 4.74 Å². The van der Waals surface area contributed by atoms with E-state index in [2.05, 4.69) is 16.8 Å². The Kier molecular flexibility index (Phi) is 5.22. The molecule has 0 atom stereocenters. The van der Waals surface area contributed by atoms with Crippen LogP contribution in [-0.2, 0) is 7.05 Å². The van der Waals surface area contributed by atoms with E-state index in [1.54, 1.807) is 18.7 Å². The Morgan fingerprint density at radius 1 is 1.28 bits per heavy atom. The van der Waals surface area contributed by atoms with Crippen LogP contribution in [0.4, 0.5) is 11.8 Å². The van der Waals surface area contributed by atoms with Crippen molar-refractivity contribution in [1.82, 2.24) is 9.55 Å². The number of anilines is 2. The molecule has 0 aliphatic carbocycles. The average Bonchev–Trinajstić information content (AvgIpc) is 2.63. The Labute approximate surface area is 152 Å². The molecule has 7 heteroatoms. The third-order valence-corrected chi connectivity index (χ3v) is 5.74. The first-order chi connectivity index (χ1) is 12.0. The summed E-state index contributed by atoms with van der Waals surface area (Å²) in [7, 11) is 3.37. The number of nitrogen functional groups attached to an aromatic ring is 1. The Hall–Kier alpha value is -2.15. The van der Waals surface area contributed by atoms with Gasteiger partial charge in [0.15, 0.2) is 0 Å². The van der Waals surface area contributed by atoms with Gasteiger partial charge in [-0.05, 0) is 30.9 Å². The molecule has 2 aromatic rings. The van der Waals surface area contributed by atoms with E-state index >= 15 is 0 Å². The van der Waals surface area contributed by atoms with E-state index in [4.69, 9.17) is 10.5 Å². The molecule has 134 valence electrons. The van der Waals surface area contributed by atoms with E-state index in [1.807, 2.05) is 24.3 Å². The highest BCUT2D eigenvalue weighted by atomic mass is 32.2. The molecule has 6 nitrogen and oxygen atoms in total. The summed E-state index contributed by atoms with van der Waals surface area (Å²) in [5.41, 5.74) is 6.02. The number of nitrogens with zero attached hydrogens (tertiary/aromatic N) is 3. The lowest BCUT2D eigenvalue weighted by atomic mass is 10.00. The van der Waals surface area contributed by atoms with Crippen molar-refractivity contribution in [2.24, 2.45) is 13.0 Å². The monoisotopic (exact) mass is 360 g/mol. The molecule has 2 heterocycles. The van der Waals surface area contributed by atoms with E-state index in [0.717, 1.165) is 30.8 Å². The third-order valence-electron chi connectivity index (χ3n) is 4.60. The van der Waals surface area contributed by atoms with Gasteiger partial charge in [0.2, 0.25) is 5.95 Å². The number of nitrogens with two attached hydrogens (primary N) is 1. The van der Waals surface area contributed by atoms with Crippen LogP contribution in [0, 0.1) is 5.92 Å². The topological polar surface area (TPSA) is 73.4 Å². The zero-order chi connectivity index (χ0) is 18.0. The van der Waals surface area contributed by atoms with Crippen LogP contribution in [0.3, 0.4) is 0 Å². The van der Waals surface area contributed by atoms with E-state index < -0.39 is 0 Å². The first kappa shape index (κ1) is 17.7. The summed E-state index contributed by atoms with van der Waals surface area (Å²) in [4.78, 5) is 20.8. The Morgan fingerprint density at radius 2 is 1.96 bits per heavy atom. The van der Waals surface area contributed by atoms with Crippen LogP contribution in [0.5, 0.6) is 5.75 Å². The fraction of sp³-hybridized carbons (Fsp3) is 0.444. The first-order valence-corrected chi connectivity index (χ1v) is 9.25. The van der Waals surface area contributed by atoms with Crippen molar-refractivity contribution >= 4 is 23.5 Å². The third kappa shape index (κ3) is 3.61. The maximum Gasteiger partial charge on any atom is 0.270 e. The lowest BCUT2D eigenvalue weighted by Gasteiger charge is -2.32. The van der Waals surface area contributed by atoms with Crippen LogP contribution in [-0.4, -0.2) is 29.8 Å². The number of hydrogen-bond acceptors (Lipinski definition) is 6. The predicted molar refractivity (Wildman–Crippen MR) is 102 cm³/mol. The molecule has 0 radical (unpaired) electrons. The molecule has 2 N–H and O–H groups in total. The normalized spacial score (nSPS) is 15.4. The molecule has 1 saturated heterocycles. The maximum absolute atomic E-state index is 12.9. The summed E-state index contributed by atoms with van der Waals surface area (Å²) in [6, 6.07) is 7.56. The van der Waals surface area contributed by atoms with E-state index in [1.165, 1.54) is 11.8 Å². The molecule has 0 saturated carbocycles. The van der Waals surface area contributed by atoms with Crippen molar-refractivity contribution in [3.8, 4) is 5.75 Å². The highest BCUT2D eigenvalue weighted by Crippen LogP contribution is 2.35. The number of hydrogen-bond donors (Lipinski definition) is 1. The van der Waals surface area contributed by atoms with Crippen LogP contribution >= 0.6 is 11.8 Å². The molecular weight excluding hydrogens is 336 g/mol. The molecule has 1 fully saturated rings. The molecule has 1 aliphatic heterocycles. The standard InChI is InChI=1S/C18H24N4O2S/c1-12-8-10-22(11-9-12)18-20-16(19)15(17(23)21(18)2)25-14-7-5-4-6-13(14)24-3/h4-7,12H,8-11,19H2,1-3H3. The SMILES string of the molecule is COc1ccccc1Sc1c(N)nc(N2CCC(C)CC2)n(C)c1=O. The number of methoxy groups -OCH3 is 1. The highest BCUT2D eigenvalue weighted by Gasteiger charge is 2.22. The van der Waals surface area contributed by atoms with Gasteiger partial charge in [0.25, 0.3) is 5.56 Å². The van der Waals surface area contributed by atoms with Gasteiger partial charge < -0.3 is 15.4 Å². The second-order valence-electron chi connectivity index (χ2n) is 6.41. The molecule has 1 aliphatic rings. The molecule has 0 unspecified atom stereocenters. The summed E-state index contributed by atoms with van der Waals surface area (Å²) in [5.74, 6) is 2.35. The highest BCUT2D eigenvalue weighted by molar-refractivity contribution is 7.99. The zero-order valence-electron chi connectivity index (χ0n) is 14.9. The van der Waals surface area contributed by atoms with Crippen molar-refractivity contribution in [2.75, 3.05) is 30.8 Å². The van der Waals surface area contributed by atoms with Gasteiger partial charge in [0, 0.05) is 20.1 Å². The Balaban J connectivity index is 1.94. The van der Waals surface area contributed by atoms with Crippen LogP contribution in [0.1, 0.15) is 19.8 Å². The van der Waals surface area contributed by atoms with E-state index in [9.17, 15) is 4.79 Å². The molecule has 1 aromatic carbocycles. The number of aromatic nitrogens is 2. The lowest BCUT2D eigenvalue weighted by Crippen LogP contribution is -2.38. The number of piperidine rings is 1. The van der Waals surface area contributed by atoms with Crippen LogP contribution in [0.15, 0.2) is 38.9 Å². The summed E-state index contributed by atoms with van der Waals surface area (Å²) < 4.78 is 6.96. The van der Waals surface area contributed by atoms with Gasteiger partial charge in [-0.2, -0.15) is 4.98 Å². The van der Waals surface area contributed by atoms with Gasteiger partial charge in [-0.15, -0.1) is 0 Å². The van der Waals surface area contributed by atoms with Crippen LogP contribution < -0.4 is 20.9 Å². The molecular formula is C18H24N4O2S. The second kappa shape index (κ2) is 7.39. The number of benzene rings is 1. The van der Waals surface area contributed by atoms with Gasteiger partial charge in [0.1, 0.15) is 16.5 Å². The van der Waals surface area contributed by atoms with Crippen molar-refractivity contribution in [2.45, 2.75) is 29.6 Å². The summed E-state index contributed by atoms with van der Waals surface area (Å²) >= 11 is 1.30. The molecule has 1 aromatic heterocycles. The van der Waals surface area contributed by atoms with Gasteiger partial charge in [-0.3, -0.25) is 9.36 Å². The van der Waals surface area contributed by atoms with Crippen LogP contribution in [0.2, 0.25) is 0 Å². The average molecular weight is 360 g/mol. The Morgan fingerprint density at radius 3 is 2.64 bits per heavy atom. The van der Waals surface area contributed by atoms with Crippen LogP contribution in [0.25, 0.3) is 0 Å². The fourth-order valence-corrected chi connectivity index (χ4v) is 3.98. The maximum atomic E-state index is 12.9. The predicted octanol–water partition coefficient (Wildman–Crippen LogP) is 2.76. The van der Waals surface area contributed by atoms with Crippen molar-refractivity contribution in [3.05, 3.63) is 34.6 Å². The van der Waals surface area contributed by atoms with E-state index in [-0.39, 0.29) is 11.4 Å². The number of rotatable bonds is 4. The quantitative estimate of drug-likeness (QED) is 0.904. The van der Waals surface area contributed by atoms with Gasteiger partial charge >= 0.3 is 0 Å². The Bertz CT molecular complexity index is 813. The minimum atomic E-state index is -0.128. The van der Waals surface area contributed by atoms with Gasteiger partial charge in [-0.1, -0.05) is 30.8 Å². The number of ether oxygens (including phenoxy) is 1. The first-order valence-electron chi connectivity index (χ1n) is 8.43. The molecule has 3 rings (SSSR count). The minimum Gasteiger partial charge on any atom is -0.496 e. The summed E-state index contributed by atoms with van der Waals surface area (Å²) in [5, 5.41) is 0. The van der Waals surface area contributed by atoms with Crippen molar-refractivity contribution in [1.29, 1.82) is 0 Å². The molecule has 0 spiro atoms. The van der Waals surface area contributed by atoms with E-state index in [0.29, 0.717) is 22.5 Å². The summed E-state index contributed by atoms with van der Waals surface area (Å²) in [6.07, 6.45) is 2.21. The largest absolute Gasteiger partial charge is 0.496 e. The van der Waals surface area contributed by atoms with Gasteiger partial charge in [-0.25, -0.2) is 0 Å². The molecule has 25 heavy (non-hydrogen) atoms. The second-order valence-corrected chi connectivity index (χ2v) is 7.47. The summed E-state index contributed by atoms with van der Waals surface area (Å²) in [6.45, 7) is 4.06.